The predicted molar refractivity (Wildman–Crippen MR) is 129 cm³/mol. The summed E-state index contributed by atoms with van der Waals surface area (Å²) in [7, 11) is 3.78. The van der Waals surface area contributed by atoms with Gasteiger partial charge in [0, 0.05) is 43.9 Å². The number of anilines is 2. The second-order valence-electron chi connectivity index (χ2n) is 7.90. The van der Waals surface area contributed by atoms with Gasteiger partial charge in [-0.3, -0.25) is 4.68 Å². The number of rotatable bonds is 6. The van der Waals surface area contributed by atoms with E-state index in [2.05, 4.69) is 25.4 Å². The van der Waals surface area contributed by atoms with Crippen LogP contribution in [0.5, 0.6) is 5.75 Å². The number of hydrogen-bond acceptors (Lipinski definition) is 6. The second kappa shape index (κ2) is 8.75. The Morgan fingerprint density at radius 2 is 1.94 bits per heavy atom. The van der Waals surface area contributed by atoms with Gasteiger partial charge in [0.25, 0.3) is 0 Å². The van der Waals surface area contributed by atoms with Crippen molar-refractivity contribution in [3.05, 3.63) is 78.1 Å². The van der Waals surface area contributed by atoms with Crippen LogP contribution in [0.3, 0.4) is 0 Å². The molecule has 1 atom stereocenters. The van der Waals surface area contributed by atoms with Gasteiger partial charge in [0.2, 0.25) is 0 Å². The second-order valence-corrected chi connectivity index (χ2v) is 8.31. The van der Waals surface area contributed by atoms with Crippen molar-refractivity contribution in [1.29, 1.82) is 0 Å². The van der Waals surface area contributed by atoms with Crippen molar-refractivity contribution in [2.24, 2.45) is 14.1 Å². The average Bonchev–Trinajstić information content (AvgIpc) is 3.44. The highest BCUT2D eigenvalue weighted by molar-refractivity contribution is 6.31. The highest BCUT2D eigenvalue weighted by atomic mass is 35.5. The molecule has 0 aliphatic heterocycles. The lowest BCUT2D eigenvalue weighted by molar-refractivity contribution is 0.215. The molecule has 1 N–H and O–H groups in total. The van der Waals surface area contributed by atoms with Gasteiger partial charge in [0.15, 0.2) is 6.10 Å². The van der Waals surface area contributed by atoms with Crippen LogP contribution in [0.1, 0.15) is 18.9 Å². The summed E-state index contributed by atoms with van der Waals surface area (Å²) in [6, 6.07) is 8.29. The number of hydrogen-bond donors (Lipinski definition) is 1. The first kappa shape index (κ1) is 21.8. The third kappa shape index (κ3) is 4.17. The van der Waals surface area contributed by atoms with E-state index in [0.717, 1.165) is 17.0 Å². The van der Waals surface area contributed by atoms with E-state index in [1.54, 1.807) is 23.1 Å². The number of nitrogens with one attached hydrogen (secondary N) is 1. The Hall–Kier alpha value is -3.98. The fourth-order valence-electron chi connectivity index (χ4n) is 3.80. The van der Waals surface area contributed by atoms with Crippen LogP contribution in [0.15, 0.2) is 61.4 Å². The van der Waals surface area contributed by atoms with Gasteiger partial charge in [-0.1, -0.05) is 11.6 Å². The van der Waals surface area contributed by atoms with Gasteiger partial charge in [-0.15, -0.1) is 0 Å². The molecule has 0 saturated carbocycles. The lowest BCUT2D eigenvalue weighted by Gasteiger charge is -2.18. The molecule has 0 bridgehead atoms. The third-order valence-electron chi connectivity index (χ3n) is 5.45. The molecule has 8 nitrogen and oxygen atoms in total. The molecule has 1 unspecified atom stereocenters. The van der Waals surface area contributed by atoms with Gasteiger partial charge in [0.1, 0.15) is 29.5 Å². The minimum absolute atomic E-state index is 0.0158. The first-order valence-electron chi connectivity index (χ1n) is 10.5. The van der Waals surface area contributed by atoms with Crippen LogP contribution >= 0.6 is 11.6 Å². The molecule has 0 fully saturated rings. The van der Waals surface area contributed by atoms with Crippen LogP contribution in [-0.2, 0) is 14.1 Å². The first-order chi connectivity index (χ1) is 16.4. The van der Waals surface area contributed by atoms with Crippen LogP contribution in [-0.4, -0.2) is 29.3 Å². The summed E-state index contributed by atoms with van der Waals surface area (Å²) in [6.07, 6.45) is 8.43. The number of benzene rings is 2. The smallest absolute Gasteiger partial charge is 0.153 e. The Morgan fingerprint density at radius 1 is 1.09 bits per heavy atom. The summed E-state index contributed by atoms with van der Waals surface area (Å²) in [6.45, 7) is 1.93. The Labute approximate surface area is 200 Å². The van der Waals surface area contributed by atoms with E-state index >= 15 is 0 Å². The van der Waals surface area contributed by atoms with E-state index in [1.807, 2.05) is 50.1 Å². The fourth-order valence-corrected chi connectivity index (χ4v) is 3.98. The first-order valence-corrected chi connectivity index (χ1v) is 10.9. The largest absolute Gasteiger partial charge is 0.482 e. The molecule has 0 saturated heterocycles. The Kier molecular flexibility index (Phi) is 5.62. The summed E-state index contributed by atoms with van der Waals surface area (Å²) in [4.78, 5) is 13.3. The molecule has 0 spiro atoms. The maximum atomic E-state index is 13.7. The minimum atomic E-state index is -0.492. The van der Waals surface area contributed by atoms with Crippen molar-refractivity contribution < 1.29 is 9.13 Å². The Balaban J connectivity index is 1.64. The van der Waals surface area contributed by atoms with E-state index in [0.29, 0.717) is 28.2 Å². The number of fused-ring (bicyclic) bond motifs is 1. The molecule has 0 radical (unpaired) electrons. The van der Waals surface area contributed by atoms with Gasteiger partial charge in [-0.05, 0) is 42.8 Å². The summed E-state index contributed by atoms with van der Waals surface area (Å²) in [5, 5.41) is 8.19. The number of ether oxygens (including phenoxy) is 1. The molecule has 0 aliphatic carbocycles. The molecular formula is C24H21ClFN7O. The van der Waals surface area contributed by atoms with Gasteiger partial charge < -0.3 is 14.6 Å². The Morgan fingerprint density at radius 3 is 2.65 bits per heavy atom. The zero-order valence-corrected chi connectivity index (χ0v) is 19.5. The summed E-state index contributed by atoms with van der Waals surface area (Å²) in [5.41, 5.74) is 3.09. The summed E-state index contributed by atoms with van der Waals surface area (Å²) >= 11 is 5.97. The van der Waals surface area contributed by atoms with Gasteiger partial charge in [-0.25, -0.2) is 19.3 Å². The van der Waals surface area contributed by atoms with Crippen molar-refractivity contribution in [1.82, 2.24) is 29.3 Å². The third-order valence-corrected chi connectivity index (χ3v) is 5.74. The molecule has 10 heteroatoms. The van der Waals surface area contributed by atoms with E-state index in [-0.39, 0.29) is 11.1 Å². The lowest BCUT2D eigenvalue weighted by atomic mass is 10.1. The van der Waals surface area contributed by atoms with E-state index in [9.17, 15) is 4.39 Å². The van der Waals surface area contributed by atoms with E-state index in [1.165, 1.54) is 18.5 Å². The maximum absolute atomic E-state index is 13.7. The molecule has 3 heterocycles. The van der Waals surface area contributed by atoms with Crippen molar-refractivity contribution >= 4 is 34.0 Å². The van der Waals surface area contributed by atoms with Crippen LogP contribution in [0, 0.1) is 5.82 Å². The SMILES string of the molecule is CC(Oc1cc(-c2cnn(C)c2)cc2ncnc(Nc3ccc(F)c(Cl)c3)c12)c1nccn1C. The number of aromatic nitrogens is 6. The molecule has 34 heavy (non-hydrogen) atoms. The molecule has 5 aromatic rings. The van der Waals surface area contributed by atoms with Crippen LogP contribution in [0.2, 0.25) is 5.02 Å². The minimum Gasteiger partial charge on any atom is -0.482 e. The standard InChI is InChI=1S/C24H21ClFN7O/c1-14(24-27-6-7-32(24)2)34-21-9-15(16-11-30-33(3)12-16)8-20-22(21)23(29-13-28-20)31-17-4-5-19(26)18(25)10-17/h4-14H,1-3H3,(H,28,29,31). The topological polar surface area (TPSA) is 82.7 Å². The van der Waals surface area contributed by atoms with Crippen molar-refractivity contribution in [3.8, 4) is 16.9 Å². The quantitative estimate of drug-likeness (QED) is 0.350. The van der Waals surface area contributed by atoms with Gasteiger partial charge >= 0.3 is 0 Å². The van der Waals surface area contributed by atoms with Gasteiger partial charge in [0.05, 0.1) is 22.1 Å². The molecular weight excluding hydrogens is 457 g/mol. The van der Waals surface area contributed by atoms with Crippen LogP contribution in [0.4, 0.5) is 15.9 Å². The van der Waals surface area contributed by atoms with E-state index in [4.69, 9.17) is 16.3 Å². The highest BCUT2D eigenvalue weighted by Gasteiger charge is 2.19. The predicted octanol–water partition coefficient (Wildman–Crippen LogP) is 5.44. The Bertz CT molecular complexity index is 1500. The summed E-state index contributed by atoms with van der Waals surface area (Å²) in [5.74, 6) is 1.36. The number of imidazole rings is 1. The average molecular weight is 478 g/mol. The number of aryl methyl sites for hydroxylation is 2. The highest BCUT2D eigenvalue weighted by Crippen LogP contribution is 2.38. The van der Waals surface area contributed by atoms with Crippen LogP contribution in [0.25, 0.3) is 22.0 Å². The number of halogens is 2. The molecule has 172 valence electrons. The molecule has 0 amide bonds. The maximum Gasteiger partial charge on any atom is 0.153 e. The molecule has 2 aromatic carbocycles. The van der Waals surface area contributed by atoms with Crippen molar-refractivity contribution in [2.75, 3.05) is 5.32 Å². The molecule has 0 aliphatic rings. The van der Waals surface area contributed by atoms with E-state index < -0.39 is 5.82 Å². The summed E-state index contributed by atoms with van der Waals surface area (Å²) < 4.78 is 23.7. The zero-order chi connectivity index (χ0) is 23.8. The monoisotopic (exact) mass is 477 g/mol. The van der Waals surface area contributed by atoms with Crippen molar-refractivity contribution in [3.63, 3.8) is 0 Å². The molecule has 5 rings (SSSR count). The van der Waals surface area contributed by atoms with Crippen molar-refractivity contribution in [2.45, 2.75) is 13.0 Å². The van der Waals surface area contributed by atoms with Crippen LogP contribution < -0.4 is 10.1 Å². The number of nitrogens with zero attached hydrogens (tertiary/aromatic N) is 6. The zero-order valence-electron chi connectivity index (χ0n) is 18.7. The normalized spacial score (nSPS) is 12.1. The lowest BCUT2D eigenvalue weighted by Crippen LogP contribution is -2.10. The van der Waals surface area contributed by atoms with Gasteiger partial charge in [-0.2, -0.15) is 5.10 Å². The molecule has 3 aromatic heterocycles. The fraction of sp³-hybridized carbons (Fsp3) is 0.167.